The molecule has 108 valence electrons. The van der Waals surface area contributed by atoms with Gasteiger partial charge in [0.15, 0.2) is 0 Å². The van der Waals surface area contributed by atoms with E-state index in [0.29, 0.717) is 5.82 Å². The molecule has 0 aliphatic rings. The molecule has 0 spiro atoms. The maximum absolute atomic E-state index is 5.80. The second kappa shape index (κ2) is 4.85. The standard InChI is InChI=1S/C16H23N3O/c1-10-7-11(13-9-14(17)18-19(13)5)15(20-6)12(8-10)16(2,3)4/h7-9H,1-6H3,(H2,17,18). The summed E-state index contributed by atoms with van der Waals surface area (Å²) < 4.78 is 7.49. The van der Waals surface area contributed by atoms with Crippen molar-refractivity contribution in [1.82, 2.24) is 9.78 Å². The smallest absolute Gasteiger partial charge is 0.146 e. The second-order valence-corrected chi connectivity index (χ2v) is 6.22. The number of methoxy groups -OCH3 is 1. The van der Waals surface area contributed by atoms with Crippen LogP contribution in [0.4, 0.5) is 5.82 Å². The fourth-order valence-corrected chi connectivity index (χ4v) is 2.48. The predicted molar refractivity (Wildman–Crippen MR) is 83.0 cm³/mol. The summed E-state index contributed by atoms with van der Waals surface area (Å²) in [5.74, 6) is 1.41. The molecule has 1 heterocycles. The van der Waals surface area contributed by atoms with Crippen LogP contribution in [0, 0.1) is 6.92 Å². The zero-order valence-electron chi connectivity index (χ0n) is 13.1. The van der Waals surface area contributed by atoms with Gasteiger partial charge in [0.05, 0.1) is 12.8 Å². The molecule has 20 heavy (non-hydrogen) atoms. The average Bonchev–Trinajstić information content (AvgIpc) is 2.66. The van der Waals surface area contributed by atoms with Crippen molar-refractivity contribution in [3.63, 3.8) is 0 Å². The van der Waals surface area contributed by atoms with Gasteiger partial charge >= 0.3 is 0 Å². The van der Waals surface area contributed by atoms with Crippen molar-refractivity contribution in [2.75, 3.05) is 12.8 Å². The van der Waals surface area contributed by atoms with Gasteiger partial charge in [0, 0.05) is 24.2 Å². The summed E-state index contributed by atoms with van der Waals surface area (Å²) in [4.78, 5) is 0. The van der Waals surface area contributed by atoms with E-state index in [1.807, 2.05) is 13.1 Å². The van der Waals surface area contributed by atoms with E-state index in [4.69, 9.17) is 10.5 Å². The normalized spacial score (nSPS) is 11.7. The lowest BCUT2D eigenvalue weighted by Crippen LogP contribution is -2.14. The first-order valence-corrected chi connectivity index (χ1v) is 6.73. The van der Waals surface area contributed by atoms with Crippen LogP contribution in [0.5, 0.6) is 5.75 Å². The quantitative estimate of drug-likeness (QED) is 0.913. The average molecular weight is 273 g/mol. The zero-order valence-corrected chi connectivity index (χ0v) is 13.1. The molecule has 1 aromatic carbocycles. The number of hydrogen-bond donors (Lipinski definition) is 1. The third kappa shape index (κ3) is 2.50. The maximum atomic E-state index is 5.80. The number of nitrogens with zero attached hydrogens (tertiary/aromatic N) is 2. The largest absolute Gasteiger partial charge is 0.496 e. The minimum atomic E-state index is 0.0102. The molecule has 0 saturated carbocycles. The Morgan fingerprint density at radius 3 is 2.30 bits per heavy atom. The Hall–Kier alpha value is -1.97. The summed E-state index contributed by atoms with van der Waals surface area (Å²) in [7, 11) is 3.60. The van der Waals surface area contributed by atoms with Gasteiger partial charge < -0.3 is 10.5 Å². The molecule has 2 N–H and O–H groups in total. The van der Waals surface area contributed by atoms with Gasteiger partial charge in [-0.1, -0.05) is 26.8 Å². The summed E-state index contributed by atoms with van der Waals surface area (Å²) in [5.41, 5.74) is 10.2. The monoisotopic (exact) mass is 273 g/mol. The SMILES string of the molecule is COc1c(-c2cc(N)nn2C)cc(C)cc1C(C)(C)C. The molecule has 0 amide bonds. The van der Waals surface area contributed by atoms with Crippen molar-refractivity contribution in [1.29, 1.82) is 0 Å². The van der Waals surface area contributed by atoms with Gasteiger partial charge in [0.1, 0.15) is 11.6 Å². The predicted octanol–water partition coefficient (Wildman–Crippen LogP) is 3.28. The van der Waals surface area contributed by atoms with Gasteiger partial charge in [-0.05, 0) is 24.0 Å². The summed E-state index contributed by atoms with van der Waals surface area (Å²) in [6.45, 7) is 8.65. The molecule has 0 aliphatic carbocycles. The lowest BCUT2D eigenvalue weighted by Gasteiger charge is -2.24. The Bertz CT molecular complexity index is 636. The minimum Gasteiger partial charge on any atom is -0.496 e. The van der Waals surface area contributed by atoms with Crippen molar-refractivity contribution in [2.24, 2.45) is 7.05 Å². The molecule has 4 heteroatoms. The van der Waals surface area contributed by atoms with Crippen LogP contribution in [0.25, 0.3) is 11.3 Å². The fourth-order valence-electron chi connectivity index (χ4n) is 2.48. The first-order valence-electron chi connectivity index (χ1n) is 6.73. The van der Waals surface area contributed by atoms with Gasteiger partial charge in [-0.3, -0.25) is 4.68 Å². The topological polar surface area (TPSA) is 53.1 Å². The number of anilines is 1. The van der Waals surface area contributed by atoms with Gasteiger partial charge in [-0.15, -0.1) is 0 Å². The molecule has 4 nitrogen and oxygen atoms in total. The number of rotatable bonds is 2. The molecule has 2 aromatic rings. The van der Waals surface area contributed by atoms with Crippen molar-refractivity contribution in [2.45, 2.75) is 33.1 Å². The molecule has 0 bridgehead atoms. The highest BCUT2D eigenvalue weighted by molar-refractivity contribution is 5.73. The summed E-state index contributed by atoms with van der Waals surface area (Å²) >= 11 is 0. The number of aromatic nitrogens is 2. The van der Waals surface area contributed by atoms with E-state index >= 15 is 0 Å². The third-order valence-corrected chi connectivity index (χ3v) is 3.42. The van der Waals surface area contributed by atoms with E-state index < -0.39 is 0 Å². The van der Waals surface area contributed by atoms with Gasteiger partial charge in [0.2, 0.25) is 0 Å². The van der Waals surface area contributed by atoms with Crippen LogP contribution in [0.3, 0.4) is 0 Å². The van der Waals surface area contributed by atoms with Crippen LogP contribution in [0.2, 0.25) is 0 Å². The van der Waals surface area contributed by atoms with Crippen LogP contribution in [-0.4, -0.2) is 16.9 Å². The molecule has 0 saturated heterocycles. The Kier molecular flexibility index (Phi) is 3.50. The Balaban J connectivity index is 2.76. The maximum Gasteiger partial charge on any atom is 0.146 e. The minimum absolute atomic E-state index is 0.0102. The van der Waals surface area contributed by atoms with E-state index in [1.54, 1.807) is 11.8 Å². The van der Waals surface area contributed by atoms with E-state index in [1.165, 1.54) is 11.1 Å². The lowest BCUT2D eigenvalue weighted by atomic mass is 9.83. The molecular weight excluding hydrogens is 250 g/mol. The number of benzene rings is 1. The van der Waals surface area contributed by atoms with Crippen LogP contribution >= 0.6 is 0 Å². The van der Waals surface area contributed by atoms with E-state index in [0.717, 1.165) is 17.0 Å². The second-order valence-electron chi connectivity index (χ2n) is 6.22. The highest BCUT2D eigenvalue weighted by Gasteiger charge is 2.23. The van der Waals surface area contributed by atoms with Crippen LogP contribution < -0.4 is 10.5 Å². The summed E-state index contributed by atoms with van der Waals surface area (Å²) in [6, 6.07) is 6.18. The van der Waals surface area contributed by atoms with Gasteiger partial charge in [-0.25, -0.2) is 0 Å². The number of ether oxygens (including phenoxy) is 1. The molecule has 1 aromatic heterocycles. The summed E-state index contributed by atoms with van der Waals surface area (Å²) in [5, 5.41) is 4.22. The first kappa shape index (κ1) is 14.4. The summed E-state index contributed by atoms with van der Waals surface area (Å²) in [6.07, 6.45) is 0. The Morgan fingerprint density at radius 1 is 1.20 bits per heavy atom. The van der Waals surface area contributed by atoms with Gasteiger partial charge in [-0.2, -0.15) is 5.10 Å². The molecule has 0 radical (unpaired) electrons. The lowest BCUT2D eigenvalue weighted by molar-refractivity contribution is 0.398. The van der Waals surface area contributed by atoms with Crippen LogP contribution in [-0.2, 0) is 12.5 Å². The fraction of sp³-hybridized carbons (Fsp3) is 0.438. The number of nitrogen functional groups attached to an aromatic ring is 1. The van der Waals surface area contributed by atoms with E-state index in [-0.39, 0.29) is 5.41 Å². The Morgan fingerprint density at radius 2 is 1.85 bits per heavy atom. The molecule has 0 atom stereocenters. The highest BCUT2D eigenvalue weighted by atomic mass is 16.5. The Labute approximate surface area is 120 Å². The van der Waals surface area contributed by atoms with Crippen molar-refractivity contribution in [3.8, 4) is 17.0 Å². The number of nitrogens with two attached hydrogens (primary N) is 1. The van der Waals surface area contributed by atoms with E-state index in [9.17, 15) is 0 Å². The first-order chi connectivity index (χ1) is 9.24. The number of hydrogen-bond acceptors (Lipinski definition) is 3. The third-order valence-electron chi connectivity index (χ3n) is 3.42. The molecule has 0 fully saturated rings. The molecular formula is C16H23N3O. The molecule has 0 unspecified atom stereocenters. The van der Waals surface area contributed by atoms with Crippen molar-refractivity contribution in [3.05, 3.63) is 29.3 Å². The van der Waals surface area contributed by atoms with Crippen LogP contribution in [0.15, 0.2) is 18.2 Å². The van der Waals surface area contributed by atoms with Crippen molar-refractivity contribution < 1.29 is 4.74 Å². The molecule has 0 aliphatic heterocycles. The highest BCUT2D eigenvalue weighted by Crippen LogP contribution is 2.40. The van der Waals surface area contributed by atoms with Crippen molar-refractivity contribution >= 4 is 5.82 Å². The number of aryl methyl sites for hydroxylation is 2. The van der Waals surface area contributed by atoms with Gasteiger partial charge in [0.25, 0.3) is 0 Å². The zero-order chi connectivity index (χ0) is 15.1. The van der Waals surface area contributed by atoms with Crippen LogP contribution in [0.1, 0.15) is 31.9 Å². The molecule has 2 rings (SSSR count). The van der Waals surface area contributed by atoms with E-state index in [2.05, 4.69) is 44.9 Å².